The van der Waals surface area contributed by atoms with E-state index in [2.05, 4.69) is 172 Å². The summed E-state index contributed by atoms with van der Waals surface area (Å²) in [5, 5.41) is 9.53. The van der Waals surface area contributed by atoms with Gasteiger partial charge in [-0.15, -0.1) is 0 Å². The molecular weight excluding hydrogens is 693 g/mol. The van der Waals surface area contributed by atoms with Crippen LogP contribution in [0.4, 0.5) is 39.8 Å². The minimum absolute atomic E-state index is 0.238. The van der Waals surface area contributed by atoms with E-state index in [0.717, 1.165) is 34.1 Å². The van der Waals surface area contributed by atoms with Crippen LogP contribution in [-0.4, -0.2) is 0 Å². The molecule has 0 N–H and O–H groups in total. The third-order valence-electron chi connectivity index (χ3n) is 12.5. The molecule has 0 amide bonds. The number of anilines is 6. The number of para-hydroxylation sites is 2. The maximum absolute atomic E-state index is 9.53. The summed E-state index contributed by atoms with van der Waals surface area (Å²) in [7, 11) is 0. The van der Waals surface area contributed by atoms with Gasteiger partial charge in [-0.2, -0.15) is 5.26 Å². The van der Waals surface area contributed by atoms with E-state index < -0.39 is 0 Å². The van der Waals surface area contributed by atoms with Crippen molar-refractivity contribution in [2.45, 2.75) is 59.3 Å². The first kappa shape index (κ1) is 35.8. The summed E-state index contributed by atoms with van der Waals surface area (Å²) in [6.07, 6.45) is 0. The largest absolute Gasteiger partial charge is 0.310 e. The van der Waals surface area contributed by atoms with E-state index in [-0.39, 0.29) is 10.8 Å². The number of hydrogen-bond donors (Lipinski definition) is 0. The van der Waals surface area contributed by atoms with E-state index in [9.17, 15) is 5.26 Å². The molecule has 276 valence electrons. The highest BCUT2D eigenvalue weighted by atomic mass is 15.1. The molecule has 7 aromatic rings. The number of rotatable bonds is 6. The summed E-state index contributed by atoms with van der Waals surface area (Å²) < 4.78 is 0. The Labute approximate surface area is 336 Å². The zero-order valence-corrected chi connectivity index (χ0v) is 33.6. The first-order valence-electron chi connectivity index (χ1n) is 19.6. The highest BCUT2D eigenvalue weighted by molar-refractivity contribution is 5.94. The van der Waals surface area contributed by atoms with Crippen LogP contribution in [0.15, 0.2) is 140 Å². The van der Waals surface area contributed by atoms with Gasteiger partial charge in [-0.05, 0) is 167 Å². The van der Waals surface area contributed by atoms with Crippen molar-refractivity contribution in [2.24, 2.45) is 0 Å². The molecule has 0 aliphatic heterocycles. The van der Waals surface area contributed by atoms with Gasteiger partial charge in [0, 0.05) is 45.0 Å². The van der Waals surface area contributed by atoms with Crippen molar-refractivity contribution in [3.8, 4) is 28.3 Å². The first-order valence-corrected chi connectivity index (χ1v) is 19.6. The highest BCUT2D eigenvalue weighted by Gasteiger charge is 2.43. The molecule has 0 aromatic heterocycles. The molecule has 0 atom stereocenters. The predicted molar refractivity (Wildman–Crippen MR) is 236 cm³/mol. The minimum Gasteiger partial charge on any atom is -0.310 e. The van der Waals surface area contributed by atoms with Crippen molar-refractivity contribution in [3.63, 3.8) is 0 Å². The van der Waals surface area contributed by atoms with Gasteiger partial charge in [0.2, 0.25) is 0 Å². The van der Waals surface area contributed by atoms with Crippen LogP contribution in [0.2, 0.25) is 0 Å². The SMILES string of the molecule is [C-]#[N+]c1ccc(N(c2cc(C)c3c(c2)C(C)(C)c2cc4c(cc2-3)C(C)(C)c2cc(N(c3ccc(C#N)cc3)c3ccccc3C)ccc2-4)c2ccccc2C)cc1. The van der Waals surface area contributed by atoms with E-state index in [1.165, 1.54) is 61.2 Å². The van der Waals surface area contributed by atoms with Gasteiger partial charge in [0.25, 0.3) is 0 Å². The van der Waals surface area contributed by atoms with Crippen LogP contribution in [0.25, 0.3) is 27.1 Å². The van der Waals surface area contributed by atoms with Crippen molar-refractivity contribution in [3.05, 3.63) is 195 Å². The Morgan fingerprint density at radius 3 is 1.58 bits per heavy atom. The number of aryl methyl sites for hydroxylation is 3. The van der Waals surface area contributed by atoms with E-state index >= 15 is 0 Å². The molecule has 57 heavy (non-hydrogen) atoms. The van der Waals surface area contributed by atoms with Gasteiger partial charge in [0.15, 0.2) is 5.69 Å². The molecule has 0 bridgehead atoms. The number of benzene rings is 7. The van der Waals surface area contributed by atoms with E-state index in [1.807, 2.05) is 36.4 Å². The second-order valence-corrected chi connectivity index (χ2v) is 16.6. The number of hydrogen-bond acceptors (Lipinski definition) is 3. The normalized spacial score (nSPS) is 13.8. The molecule has 0 spiro atoms. The van der Waals surface area contributed by atoms with Gasteiger partial charge in [0.05, 0.1) is 18.2 Å². The predicted octanol–water partition coefficient (Wildman–Crippen LogP) is 14.6. The van der Waals surface area contributed by atoms with Crippen molar-refractivity contribution >= 4 is 39.8 Å². The van der Waals surface area contributed by atoms with Crippen molar-refractivity contribution in [1.82, 2.24) is 0 Å². The molecule has 9 rings (SSSR count). The zero-order valence-electron chi connectivity index (χ0n) is 33.6. The Morgan fingerprint density at radius 2 is 0.982 bits per heavy atom. The Balaban J connectivity index is 1.16. The number of nitrogens with zero attached hydrogens (tertiary/aromatic N) is 4. The molecule has 2 aliphatic rings. The van der Waals surface area contributed by atoms with Crippen LogP contribution in [0.3, 0.4) is 0 Å². The Bertz CT molecular complexity index is 2850. The lowest BCUT2D eigenvalue weighted by atomic mass is 9.79. The zero-order chi connectivity index (χ0) is 39.8. The summed E-state index contributed by atoms with van der Waals surface area (Å²) in [5.41, 5.74) is 21.5. The minimum atomic E-state index is -0.240. The smallest absolute Gasteiger partial charge is 0.187 e. The maximum Gasteiger partial charge on any atom is 0.187 e. The summed E-state index contributed by atoms with van der Waals surface area (Å²) in [5.74, 6) is 0. The molecule has 0 saturated carbocycles. The lowest BCUT2D eigenvalue weighted by Crippen LogP contribution is -2.18. The van der Waals surface area contributed by atoms with Gasteiger partial charge in [-0.3, -0.25) is 0 Å². The summed E-state index contributed by atoms with van der Waals surface area (Å²) in [4.78, 5) is 8.31. The second-order valence-electron chi connectivity index (χ2n) is 16.6. The third kappa shape index (κ3) is 5.55. The molecule has 2 aliphatic carbocycles. The molecule has 7 aromatic carbocycles. The molecule has 0 fully saturated rings. The monoisotopic (exact) mass is 736 g/mol. The van der Waals surface area contributed by atoms with Crippen LogP contribution < -0.4 is 9.80 Å². The fraction of sp³-hybridized carbons (Fsp3) is 0.170. The van der Waals surface area contributed by atoms with Crippen LogP contribution in [0.5, 0.6) is 0 Å². The third-order valence-corrected chi connectivity index (χ3v) is 12.5. The van der Waals surface area contributed by atoms with Crippen molar-refractivity contribution in [2.75, 3.05) is 9.80 Å². The molecule has 4 nitrogen and oxygen atoms in total. The average molecular weight is 737 g/mol. The van der Waals surface area contributed by atoms with Gasteiger partial charge >= 0.3 is 0 Å². The number of nitriles is 1. The van der Waals surface area contributed by atoms with E-state index in [0.29, 0.717) is 11.3 Å². The van der Waals surface area contributed by atoms with Gasteiger partial charge in [-0.25, -0.2) is 4.85 Å². The van der Waals surface area contributed by atoms with Gasteiger partial charge < -0.3 is 9.80 Å². The molecule has 0 heterocycles. The quantitative estimate of drug-likeness (QED) is 0.159. The first-order chi connectivity index (χ1) is 27.4. The molecular formula is C53H44N4. The average Bonchev–Trinajstić information content (AvgIpc) is 3.58. The van der Waals surface area contributed by atoms with Crippen LogP contribution in [0.1, 0.15) is 72.2 Å². The van der Waals surface area contributed by atoms with Crippen LogP contribution >= 0.6 is 0 Å². The fourth-order valence-electron chi connectivity index (χ4n) is 9.37. The highest BCUT2D eigenvalue weighted by Crippen LogP contribution is 2.58. The topological polar surface area (TPSA) is 34.6 Å². The summed E-state index contributed by atoms with van der Waals surface area (Å²) in [6.45, 7) is 23.6. The Morgan fingerprint density at radius 1 is 0.491 bits per heavy atom. The van der Waals surface area contributed by atoms with Crippen LogP contribution in [-0.2, 0) is 10.8 Å². The maximum atomic E-state index is 9.53. The molecule has 0 saturated heterocycles. The van der Waals surface area contributed by atoms with Gasteiger partial charge in [-0.1, -0.05) is 82.3 Å². The van der Waals surface area contributed by atoms with E-state index in [4.69, 9.17) is 6.57 Å². The summed E-state index contributed by atoms with van der Waals surface area (Å²) in [6, 6.07) is 51.8. The van der Waals surface area contributed by atoms with Crippen molar-refractivity contribution < 1.29 is 0 Å². The Kier molecular flexibility index (Phi) is 8.24. The molecule has 4 heteroatoms. The lowest BCUT2D eigenvalue weighted by molar-refractivity contribution is 0.652. The lowest BCUT2D eigenvalue weighted by Gasteiger charge is -2.30. The summed E-state index contributed by atoms with van der Waals surface area (Å²) >= 11 is 0. The second kappa shape index (κ2) is 13.1. The Hall–Kier alpha value is -6.88. The van der Waals surface area contributed by atoms with Gasteiger partial charge in [0.1, 0.15) is 0 Å². The standard InChI is InChI=1S/C53H44N4/c1-33-13-9-11-15-49(33)56(38-21-17-36(32-54)18-22-38)40-25-26-42-43-30-47-44(31-46(43)52(4,5)45(42)28-40)51-35(3)27-41(29-48(51)53(47,6)7)57(50-16-12-10-14-34(50)2)39-23-19-37(55-8)20-24-39/h9-31H,1-7H3. The van der Waals surface area contributed by atoms with Crippen LogP contribution in [0, 0.1) is 38.7 Å². The number of fused-ring (bicyclic) bond motifs is 6. The molecule has 0 radical (unpaired) electrons. The fourth-order valence-corrected chi connectivity index (χ4v) is 9.37. The molecule has 0 unspecified atom stereocenters. The van der Waals surface area contributed by atoms with E-state index in [1.54, 1.807) is 0 Å². The van der Waals surface area contributed by atoms with Crippen molar-refractivity contribution in [1.29, 1.82) is 5.26 Å².